The van der Waals surface area contributed by atoms with Gasteiger partial charge in [0.15, 0.2) is 0 Å². The van der Waals surface area contributed by atoms with Crippen molar-refractivity contribution < 1.29 is 28.7 Å². The molecular weight excluding hydrogens is 392 g/mol. The third-order valence-corrected chi connectivity index (χ3v) is 5.37. The highest BCUT2D eigenvalue weighted by molar-refractivity contribution is 6.07. The molecule has 0 spiro atoms. The van der Waals surface area contributed by atoms with Crippen molar-refractivity contribution in [1.29, 1.82) is 0 Å². The molecule has 0 aromatic heterocycles. The molecule has 9 heteroatoms. The number of benzene rings is 1. The van der Waals surface area contributed by atoms with Crippen LogP contribution in [0.2, 0.25) is 0 Å². The van der Waals surface area contributed by atoms with E-state index in [-0.39, 0.29) is 24.0 Å². The van der Waals surface area contributed by atoms with Crippen molar-refractivity contribution in [2.45, 2.75) is 38.7 Å². The Labute approximate surface area is 173 Å². The van der Waals surface area contributed by atoms with E-state index in [1.54, 1.807) is 19.9 Å². The molecule has 0 amide bonds. The Kier molecular flexibility index (Phi) is 6.61. The first-order valence-electron chi connectivity index (χ1n) is 9.70. The number of rotatable bonds is 6. The van der Waals surface area contributed by atoms with Gasteiger partial charge in [-0.2, -0.15) is 0 Å². The molecule has 0 saturated carbocycles. The van der Waals surface area contributed by atoms with Crippen LogP contribution in [0, 0.1) is 16.0 Å². The second-order valence-corrected chi connectivity index (χ2v) is 7.32. The van der Waals surface area contributed by atoms with Gasteiger partial charge in [-0.3, -0.25) is 19.9 Å². The normalized spacial score (nSPS) is 23.7. The minimum absolute atomic E-state index is 0.100. The maximum absolute atomic E-state index is 13.0. The first kappa shape index (κ1) is 21.6. The summed E-state index contributed by atoms with van der Waals surface area (Å²) >= 11 is 0. The van der Waals surface area contributed by atoms with E-state index >= 15 is 0 Å². The van der Waals surface area contributed by atoms with E-state index in [0.29, 0.717) is 23.6 Å². The molecule has 1 unspecified atom stereocenters. The summed E-state index contributed by atoms with van der Waals surface area (Å²) in [6.07, 6.45) is 1.56. The second-order valence-electron chi connectivity index (χ2n) is 7.32. The van der Waals surface area contributed by atoms with Gasteiger partial charge < -0.3 is 14.2 Å². The molecule has 3 rings (SSSR count). The van der Waals surface area contributed by atoms with E-state index in [1.165, 1.54) is 25.3 Å². The lowest BCUT2D eigenvalue weighted by Gasteiger charge is -2.31. The fourth-order valence-electron chi connectivity index (χ4n) is 3.95. The zero-order valence-electron chi connectivity index (χ0n) is 17.1. The summed E-state index contributed by atoms with van der Waals surface area (Å²) in [6.45, 7) is 4.06. The third-order valence-electron chi connectivity index (χ3n) is 5.37. The van der Waals surface area contributed by atoms with Crippen LogP contribution < -0.4 is 0 Å². The predicted octanol–water partition coefficient (Wildman–Crippen LogP) is 2.94. The van der Waals surface area contributed by atoms with E-state index < -0.39 is 28.7 Å². The van der Waals surface area contributed by atoms with Crippen LogP contribution in [-0.2, 0) is 23.8 Å². The van der Waals surface area contributed by atoms with Crippen LogP contribution in [0.25, 0.3) is 0 Å². The Balaban J connectivity index is 2.02. The number of carbonyl (C=O) groups excluding carboxylic acids is 2. The van der Waals surface area contributed by atoms with Gasteiger partial charge in [0.25, 0.3) is 5.69 Å². The van der Waals surface area contributed by atoms with Gasteiger partial charge >= 0.3 is 11.9 Å². The molecule has 0 bridgehead atoms. The number of non-ortho nitro benzene ring substituents is 1. The maximum atomic E-state index is 13.0. The Morgan fingerprint density at radius 1 is 1.33 bits per heavy atom. The van der Waals surface area contributed by atoms with Gasteiger partial charge in [-0.15, -0.1) is 0 Å². The van der Waals surface area contributed by atoms with Gasteiger partial charge in [-0.05, 0) is 32.3 Å². The summed E-state index contributed by atoms with van der Waals surface area (Å²) in [7, 11) is 1.25. The second kappa shape index (κ2) is 9.17. The minimum Gasteiger partial charge on any atom is -0.468 e. The Morgan fingerprint density at radius 3 is 2.73 bits per heavy atom. The first-order valence-corrected chi connectivity index (χ1v) is 9.70. The van der Waals surface area contributed by atoms with Crippen molar-refractivity contribution in [3.8, 4) is 0 Å². The van der Waals surface area contributed by atoms with Crippen molar-refractivity contribution in [3.63, 3.8) is 0 Å². The van der Waals surface area contributed by atoms with Crippen molar-refractivity contribution in [2.75, 3.05) is 20.3 Å². The molecule has 2 aliphatic rings. The SMILES string of the molecule is COC(=O)C1C(C)=NC(C)=C(C(=O)OC[C@@H]2CCCO2)[C@@H]1c1cccc([N+](=O)[O-])c1. The fraction of sp³-hybridized carbons (Fsp3) is 0.476. The third kappa shape index (κ3) is 4.40. The maximum Gasteiger partial charge on any atom is 0.336 e. The molecule has 160 valence electrons. The Hall–Kier alpha value is -3.07. The molecule has 0 radical (unpaired) electrons. The monoisotopic (exact) mass is 416 g/mol. The number of hydrogen-bond acceptors (Lipinski definition) is 8. The van der Waals surface area contributed by atoms with Crippen LogP contribution in [0.3, 0.4) is 0 Å². The van der Waals surface area contributed by atoms with E-state index in [1.807, 2.05) is 0 Å². The first-order chi connectivity index (χ1) is 14.3. The number of esters is 2. The van der Waals surface area contributed by atoms with E-state index in [0.717, 1.165) is 12.8 Å². The average Bonchev–Trinajstić information content (AvgIpc) is 3.24. The van der Waals surface area contributed by atoms with Crippen LogP contribution in [-0.4, -0.2) is 49.0 Å². The lowest BCUT2D eigenvalue weighted by Crippen LogP contribution is -2.36. The molecule has 9 nitrogen and oxygen atoms in total. The molecule has 30 heavy (non-hydrogen) atoms. The number of carbonyl (C=O) groups is 2. The summed E-state index contributed by atoms with van der Waals surface area (Å²) in [5.74, 6) is -2.91. The fourth-order valence-corrected chi connectivity index (χ4v) is 3.95. The average molecular weight is 416 g/mol. The van der Waals surface area contributed by atoms with Crippen LogP contribution in [0.4, 0.5) is 5.69 Å². The lowest BCUT2D eigenvalue weighted by molar-refractivity contribution is -0.384. The van der Waals surface area contributed by atoms with Crippen LogP contribution in [0.1, 0.15) is 38.2 Å². The summed E-state index contributed by atoms with van der Waals surface area (Å²) in [6, 6.07) is 5.88. The standard InChI is InChI=1S/C21H24N2O7/c1-12-17(20(24)28-3)19(14-6-4-7-15(10-14)23(26)27)18(13(2)22-12)21(25)30-11-16-8-5-9-29-16/h4,6-7,10,16-17,19H,5,8-9,11H2,1-3H3/t16-,17?,19+/m0/s1. The Morgan fingerprint density at radius 2 is 2.10 bits per heavy atom. The van der Waals surface area contributed by atoms with Gasteiger partial charge in [0.05, 0.1) is 23.7 Å². The number of nitro groups is 1. The zero-order valence-corrected chi connectivity index (χ0v) is 17.1. The summed E-state index contributed by atoms with van der Waals surface area (Å²) < 4.78 is 15.9. The van der Waals surface area contributed by atoms with Crippen LogP contribution >= 0.6 is 0 Å². The van der Waals surface area contributed by atoms with Crippen molar-refractivity contribution in [1.82, 2.24) is 0 Å². The van der Waals surface area contributed by atoms with Gasteiger partial charge in [-0.25, -0.2) is 4.79 Å². The summed E-state index contributed by atoms with van der Waals surface area (Å²) in [4.78, 5) is 40.8. The summed E-state index contributed by atoms with van der Waals surface area (Å²) in [5.41, 5.74) is 1.36. The summed E-state index contributed by atoms with van der Waals surface area (Å²) in [5, 5.41) is 11.3. The number of ether oxygens (including phenoxy) is 3. The smallest absolute Gasteiger partial charge is 0.336 e. The van der Waals surface area contributed by atoms with Crippen LogP contribution in [0.15, 0.2) is 40.5 Å². The quantitative estimate of drug-likeness (QED) is 0.397. The number of nitro benzene ring substituents is 1. The highest BCUT2D eigenvalue weighted by Crippen LogP contribution is 2.41. The van der Waals surface area contributed by atoms with Crippen LogP contribution in [0.5, 0.6) is 0 Å². The van der Waals surface area contributed by atoms with Crippen molar-refractivity contribution >= 4 is 23.3 Å². The molecule has 1 aromatic carbocycles. The van der Waals surface area contributed by atoms with Crippen molar-refractivity contribution in [2.24, 2.45) is 10.9 Å². The molecule has 1 aromatic rings. The lowest BCUT2D eigenvalue weighted by atomic mass is 9.75. The van der Waals surface area contributed by atoms with Gasteiger partial charge in [0, 0.05) is 36.1 Å². The highest BCUT2D eigenvalue weighted by Gasteiger charge is 2.42. The Bertz CT molecular complexity index is 916. The van der Waals surface area contributed by atoms with Gasteiger partial charge in [0.2, 0.25) is 0 Å². The number of hydrogen-bond donors (Lipinski definition) is 0. The molecule has 2 heterocycles. The van der Waals surface area contributed by atoms with Crippen molar-refractivity contribution in [3.05, 3.63) is 51.2 Å². The topological polar surface area (TPSA) is 117 Å². The van der Waals surface area contributed by atoms with Gasteiger partial charge in [0.1, 0.15) is 12.5 Å². The minimum atomic E-state index is -0.897. The zero-order chi connectivity index (χ0) is 21.8. The predicted molar refractivity (Wildman–Crippen MR) is 107 cm³/mol. The molecule has 2 aliphatic heterocycles. The molecular formula is C21H24N2O7. The molecule has 0 aliphatic carbocycles. The van der Waals surface area contributed by atoms with E-state index in [9.17, 15) is 19.7 Å². The molecule has 0 N–H and O–H groups in total. The van der Waals surface area contributed by atoms with E-state index in [2.05, 4.69) is 4.99 Å². The largest absolute Gasteiger partial charge is 0.468 e. The number of aliphatic imine (C=N–C) groups is 1. The number of allylic oxidation sites excluding steroid dienone is 1. The number of nitrogens with zero attached hydrogens (tertiary/aromatic N) is 2. The molecule has 1 saturated heterocycles. The number of methoxy groups -OCH3 is 1. The molecule has 1 fully saturated rings. The van der Waals surface area contributed by atoms with Gasteiger partial charge in [-0.1, -0.05) is 12.1 Å². The molecule has 3 atom stereocenters. The highest BCUT2D eigenvalue weighted by atomic mass is 16.6. The van der Waals surface area contributed by atoms with E-state index in [4.69, 9.17) is 14.2 Å².